The van der Waals surface area contributed by atoms with Crippen molar-refractivity contribution in [2.75, 3.05) is 5.73 Å². The van der Waals surface area contributed by atoms with Gasteiger partial charge in [0.25, 0.3) is 0 Å². The van der Waals surface area contributed by atoms with E-state index in [-0.39, 0.29) is 5.56 Å². The third kappa shape index (κ3) is 2.37. The second-order valence-corrected chi connectivity index (χ2v) is 3.43. The number of nitrogens with two attached hydrogens (primary N) is 1. The summed E-state index contributed by atoms with van der Waals surface area (Å²) in [6.07, 6.45) is -5.75. The number of benzene rings is 1. The van der Waals surface area contributed by atoms with Crippen LogP contribution in [0.15, 0.2) is 18.2 Å². The Hall–Kier alpha value is -1.66. The zero-order chi connectivity index (χ0) is 13.4. The molecule has 1 rings (SSSR count). The number of alkyl halides is 5. The lowest BCUT2D eigenvalue weighted by Crippen LogP contribution is -2.34. The normalized spacial score (nSPS) is 12.6. The summed E-state index contributed by atoms with van der Waals surface area (Å²) in [7, 11) is 0. The second kappa shape index (κ2) is 3.97. The second-order valence-electron chi connectivity index (χ2n) is 3.43. The molecule has 0 radical (unpaired) electrons. The van der Waals surface area contributed by atoms with Gasteiger partial charge in [0.05, 0.1) is 5.56 Å². The van der Waals surface area contributed by atoms with Crippen LogP contribution in [0.4, 0.5) is 27.6 Å². The molecule has 0 aliphatic heterocycles. The van der Waals surface area contributed by atoms with Gasteiger partial charge in [-0.05, 0) is 25.1 Å². The highest BCUT2D eigenvalue weighted by Gasteiger charge is 2.59. The van der Waals surface area contributed by atoms with Crippen molar-refractivity contribution < 1.29 is 26.7 Å². The lowest BCUT2D eigenvalue weighted by Gasteiger charge is -2.21. The Labute approximate surface area is 93.2 Å². The van der Waals surface area contributed by atoms with Gasteiger partial charge in [-0.15, -0.1) is 0 Å². The van der Waals surface area contributed by atoms with Crippen molar-refractivity contribution in [1.82, 2.24) is 0 Å². The van der Waals surface area contributed by atoms with Crippen LogP contribution in [0.5, 0.6) is 0 Å². The van der Waals surface area contributed by atoms with Crippen LogP contribution in [0, 0.1) is 0 Å². The number of carbonyl (C=O) groups is 1. The fourth-order valence-corrected chi connectivity index (χ4v) is 1.20. The zero-order valence-electron chi connectivity index (χ0n) is 8.61. The van der Waals surface area contributed by atoms with E-state index in [1.807, 2.05) is 0 Å². The predicted octanol–water partition coefficient (Wildman–Crippen LogP) is 3.13. The molecule has 2 N–H and O–H groups in total. The molecule has 0 spiro atoms. The third-order valence-electron chi connectivity index (χ3n) is 2.15. The molecule has 94 valence electrons. The summed E-state index contributed by atoms with van der Waals surface area (Å²) in [5.74, 6) is -5.70. The standard InChI is InChI=1S/C10H8F5NO/c1-5(17)6-2-3-8(16)7(4-6)9(11,12)10(13,14)15/h2-4H,16H2,1H3. The topological polar surface area (TPSA) is 43.1 Å². The Morgan fingerprint density at radius 1 is 1.18 bits per heavy atom. The van der Waals surface area contributed by atoms with Gasteiger partial charge in [-0.3, -0.25) is 4.79 Å². The molecule has 1 aromatic rings. The zero-order valence-corrected chi connectivity index (χ0v) is 8.61. The Morgan fingerprint density at radius 3 is 2.12 bits per heavy atom. The predicted molar refractivity (Wildman–Crippen MR) is 50.8 cm³/mol. The van der Waals surface area contributed by atoms with Crippen LogP contribution in [0.1, 0.15) is 22.8 Å². The van der Waals surface area contributed by atoms with Gasteiger partial charge in [-0.2, -0.15) is 22.0 Å². The number of rotatable bonds is 2. The molecule has 0 saturated heterocycles. The van der Waals surface area contributed by atoms with Gasteiger partial charge in [0, 0.05) is 11.3 Å². The van der Waals surface area contributed by atoms with Crippen LogP contribution in [0.2, 0.25) is 0 Å². The van der Waals surface area contributed by atoms with Crippen molar-refractivity contribution >= 4 is 11.5 Å². The average Bonchev–Trinajstić information content (AvgIpc) is 2.15. The Kier molecular flexibility index (Phi) is 3.13. The number of carbonyl (C=O) groups excluding carboxylic acids is 1. The highest BCUT2D eigenvalue weighted by atomic mass is 19.4. The molecule has 0 aliphatic rings. The quantitative estimate of drug-likeness (QED) is 0.500. The van der Waals surface area contributed by atoms with E-state index in [1.54, 1.807) is 0 Å². The molecule has 0 heterocycles. The van der Waals surface area contributed by atoms with Crippen molar-refractivity contribution in [1.29, 1.82) is 0 Å². The third-order valence-corrected chi connectivity index (χ3v) is 2.15. The van der Waals surface area contributed by atoms with Crippen LogP contribution >= 0.6 is 0 Å². The minimum atomic E-state index is -5.75. The largest absolute Gasteiger partial charge is 0.458 e. The number of halogens is 5. The molecular formula is C10H8F5NO. The molecule has 0 atom stereocenters. The maximum Gasteiger partial charge on any atom is 0.458 e. The molecular weight excluding hydrogens is 245 g/mol. The van der Waals surface area contributed by atoms with E-state index >= 15 is 0 Å². The van der Waals surface area contributed by atoms with E-state index in [2.05, 4.69) is 0 Å². The molecule has 0 bridgehead atoms. The van der Waals surface area contributed by atoms with Crippen LogP contribution in [0.25, 0.3) is 0 Å². The Bertz CT molecular complexity index is 452. The molecule has 17 heavy (non-hydrogen) atoms. The highest BCUT2D eigenvalue weighted by molar-refractivity contribution is 5.94. The molecule has 0 aliphatic carbocycles. The van der Waals surface area contributed by atoms with E-state index in [4.69, 9.17) is 5.73 Å². The average molecular weight is 253 g/mol. The molecule has 0 aromatic heterocycles. The van der Waals surface area contributed by atoms with Crippen molar-refractivity contribution in [3.8, 4) is 0 Å². The maximum absolute atomic E-state index is 13.1. The summed E-state index contributed by atoms with van der Waals surface area (Å²) < 4.78 is 62.5. The lowest BCUT2D eigenvalue weighted by atomic mass is 10.0. The minimum Gasteiger partial charge on any atom is -0.398 e. The highest BCUT2D eigenvalue weighted by Crippen LogP contribution is 2.46. The summed E-state index contributed by atoms with van der Waals surface area (Å²) in [6.45, 7) is 1.06. The molecule has 7 heteroatoms. The first-order valence-electron chi connectivity index (χ1n) is 4.43. The molecule has 2 nitrogen and oxygen atoms in total. The van der Waals surface area contributed by atoms with E-state index in [0.717, 1.165) is 19.1 Å². The maximum atomic E-state index is 13.1. The number of nitrogen functional groups attached to an aromatic ring is 1. The van der Waals surface area contributed by atoms with E-state index < -0.39 is 29.1 Å². The van der Waals surface area contributed by atoms with Crippen molar-refractivity contribution in [3.63, 3.8) is 0 Å². The van der Waals surface area contributed by atoms with E-state index in [0.29, 0.717) is 6.07 Å². The molecule has 0 unspecified atom stereocenters. The first kappa shape index (κ1) is 13.4. The monoisotopic (exact) mass is 253 g/mol. The van der Waals surface area contributed by atoms with Crippen LogP contribution < -0.4 is 5.73 Å². The summed E-state index contributed by atoms with van der Waals surface area (Å²) in [6, 6.07) is 2.41. The van der Waals surface area contributed by atoms with Gasteiger partial charge in [0.15, 0.2) is 5.78 Å². The van der Waals surface area contributed by atoms with Gasteiger partial charge < -0.3 is 5.73 Å². The molecule has 1 aromatic carbocycles. The van der Waals surface area contributed by atoms with Crippen LogP contribution in [-0.2, 0) is 5.92 Å². The fraction of sp³-hybridized carbons (Fsp3) is 0.300. The number of hydrogen-bond donors (Lipinski definition) is 1. The summed E-state index contributed by atoms with van der Waals surface area (Å²) in [4.78, 5) is 10.9. The first-order chi connectivity index (χ1) is 7.57. The molecule has 0 fully saturated rings. The number of anilines is 1. The van der Waals surface area contributed by atoms with Crippen molar-refractivity contribution in [2.24, 2.45) is 0 Å². The summed E-state index contributed by atoms with van der Waals surface area (Å²) in [5.41, 5.74) is 2.71. The van der Waals surface area contributed by atoms with E-state index in [1.165, 1.54) is 0 Å². The van der Waals surface area contributed by atoms with Crippen molar-refractivity contribution in [2.45, 2.75) is 19.0 Å². The van der Waals surface area contributed by atoms with Crippen molar-refractivity contribution in [3.05, 3.63) is 29.3 Å². The Morgan fingerprint density at radius 2 is 1.71 bits per heavy atom. The van der Waals surface area contributed by atoms with Gasteiger partial charge in [-0.1, -0.05) is 0 Å². The van der Waals surface area contributed by atoms with Crippen LogP contribution in [0.3, 0.4) is 0 Å². The fourth-order valence-electron chi connectivity index (χ4n) is 1.20. The molecule has 0 saturated carbocycles. The first-order valence-corrected chi connectivity index (χ1v) is 4.43. The number of hydrogen-bond acceptors (Lipinski definition) is 2. The number of Topliss-reactive ketones (excluding diaryl/α,β-unsaturated/α-hetero) is 1. The van der Waals surface area contributed by atoms with Crippen LogP contribution in [-0.4, -0.2) is 12.0 Å². The van der Waals surface area contributed by atoms with Gasteiger partial charge in [-0.25, -0.2) is 0 Å². The van der Waals surface area contributed by atoms with E-state index in [9.17, 15) is 26.7 Å². The van der Waals surface area contributed by atoms with Gasteiger partial charge >= 0.3 is 12.1 Å². The Balaban J connectivity index is 3.40. The smallest absolute Gasteiger partial charge is 0.398 e. The molecule has 0 amide bonds. The lowest BCUT2D eigenvalue weighted by molar-refractivity contribution is -0.289. The van der Waals surface area contributed by atoms with Gasteiger partial charge in [0.2, 0.25) is 0 Å². The summed E-state index contributed by atoms with van der Waals surface area (Å²) in [5, 5.41) is 0. The SMILES string of the molecule is CC(=O)c1ccc(N)c(C(F)(F)C(F)(F)F)c1. The van der Waals surface area contributed by atoms with Gasteiger partial charge in [0.1, 0.15) is 0 Å². The number of ketones is 1. The minimum absolute atomic E-state index is 0.252. The summed E-state index contributed by atoms with van der Waals surface area (Å²) >= 11 is 0.